The number of halogens is 1. The zero-order chi connectivity index (χ0) is 5.70. The van der Waals surface area contributed by atoms with Crippen LogP contribution in [-0.4, -0.2) is 16.5 Å². The fourth-order valence-corrected chi connectivity index (χ4v) is 1.96. The largest absolute Gasteiger partial charge is 0.467 e. The molecule has 0 aromatic rings. The molecule has 0 bridgehead atoms. The van der Waals surface area contributed by atoms with Gasteiger partial charge in [0.2, 0.25) is 0 Å². The number of hydrogen-bond donors (Lipinski definition) is 0. The Morgan fingerprint density at radius 2 is 2.29 bits per heavy atom. The second-order valence-electron chi connectivity index (χ2n) is 1.76. The topological polar surface area (TPSA) is 0 Å². The van der Waals surface area contributed by atoms with E-state index in [2.05, 4.69) is 38.8 Å². The quantitative estimate of drug-likeness (QED) is 0.381. The van der Waals surface area contributed by atoms with Crippen molar-refractivity contribution >= 4 is 35.3 Å². The number of hydrogen-bond acceptors (Lipinski definition) is 0. The standard InChI is InChI=1S/C5H9.HI.Mg/c1-4-5(2)3;;/h4H,1H2,2-3H3;1H;/q;;+1/p-1. The zero-order valence-corrected chi connectivity index (χ0v) is 8.44. The fraction of sp³-hybridized carbons (Fsp3) is 0.600. The number of allylic oxidation sites excluding steroid dienone is 2. The van der Waals surface area contributed by atoms with Gasteiger partial charge in [-0.2, -0.15) is 0 Å². The van der Waals surface area contributed by atoms with Gasteiger partial charge in [-0.15, -0.1) is 10.6 Å². The van der Waals surface area contributed by atoms with E-state index in [4.69, 9.17) is 0 Å². The summed E-state index contributed by atoms with van der Waals surface area (Å²) < 4.78 is 1.36. The van der Waals surface area contributed by atoms with Gasteiger partial charge < -0.3 is 18.9 Å². The molecule has 0 radical (unpaired) electrons. The smallest absolute Gasteiger partial charge is 0.301 e. The van der Waals surface area contributed by atoms with Crippen LogP contribution in [0.2, 0.25) is 4.55 Å². The predicted octanol–water partition coefficient (Wildman–Crippen LogP) is 2.43. The molecule has 2 heteroatoms. The number of rotatable bonds is 2. The molecule has 0 aromatic heterocycles. The van der Waals surface area contributed by atoms with Crippen LogP contribution in [0.25, 0.3) is 0 Å². The van der Waals surface area contributed by atoms with E-state index in [-0.39, 0.29) is 16.5 Å². The molecular weight excluding hydrogens is 211 g/mol. The summed E-state index contributed by atoms with van der Waals surface area (Å²) in [6, 6.07) is 0. The van der Waals surface area contributed by atoms with E-state index in [1.165, 1.54) is 10.1 Å². The van der Waals surface area contributed by atoms with E-state index >= 15 is 0 Å². The summed E-state index contributed by atoms with van der Waals surface area (Å²) in [5.41, 5.74) is 1.46. The minimum atomic E-state index is 0.265. The molecule has 0 saturated carbocycles. The van der Waals surface area contributed by atoms with Gasteiger partial charge in [-0.3, -0.25) is 0 Å². The molecule has 0 saturated heterocycles. The first-order valence-electron chi connectivity index (χ1n) is 2.46. The van der Waals surface area contributed by atoms with Crippen molar-refractivity contribution < 1.29 is 0 Å². The van der Waals surface area contributed by atoms with Crippen LogP contribution in [0, 0.1) is 0 Å². The third-order valence-electron chi connectivity index (χ3n) is 0.662. The van der Waals surface area contributed by atoms with Gasteiger partial charge in [0.1, 0.15) is 0 Å². The third kappa shape index (κ3) is 7.24. The van der Waals surface area contributed by atoms with Gasteiger partial charge in [0.05, 0.1) is 0 Å². The van der Waals surface area contributed by atoms with Gasteiger partial charge >= 0.3 is 16.5 Å². The summed E-state index contributed by atoms with van der Waals surface area (Å²) >= 11 is 2.78. The molecule has 7 heavy (non-hydrogen) atoms. The monoisotopic (exact) mass is 220 g/mol. The first-order chi connectivity index (χ1) is 3.27. The highest BCUT2D eigenvalue weighted by Gasteiger charge is 1.81. The molecule has 38 valence electrons. The Balaban J connectivity index is 3.08. The van der Waals surface area contributed by atoms with Crippen LogP contribution in [0.5, 0.6) is 0 Å². The SMILES string of the molecule is CC(C)=C[CH2][Mg][I]. The molecule has 0 rings (SSSR count). The van der Waals surface area contributed by atoms with Crippen LogP contribution in [0.3, 0.4) is 0 Å². The molecule has 0 aliphatic heterocycles. The molecular formula is C5H9IMg. The Kier molecular flexibility index (Phi) is 6.32. The minimum absolute atomic E-state index is 0.265. The van der Waals surface area contributed by atoms with Gasteiger partial charge in [-0.25, -0.2) is 0 Å². The summed E-state index contributed by atoms with van der Waals surface area (Å²) in [6.07, 6.45) is 2.32. The maximum absolute atomic E-state index is 2.52. The van der Waals surface area contributed by atoms with Gasteiger partial charge in [0.15, 0.2) is 0 Å². The van der Waals surface area contributed by atoms with Crippen LogP contribution in [-0.2, 0) is 0 Å². The lowest BCUT2D eigenvalue weighted by Crippen LogP contribution is -1.70. The predicted molar refractivity (Wildman–Crippen MR) is 44.0 cm³/mol. The van der Waals surface area contributed by atoms with Gasteiger partial charge in [0, 0.05) is 0 Å². The normalized spacial score (nSPS) is 7.29. The second-order valence-corrected chi connectivity index (χ2v) is 5.95. The van der Waals surface area contributed by atoms with Crippen molar-refractivity contribution in [3.8, 4) is 0 Å². The first kappa shape index (κ1) is 8.24. The molecule has 0 atom stereocenters. The third-order valence-corrected chi connectivity index (χ3v) is 3.04. The Labute approximate surface area is 64.9 Å². The maximum atomic E-state index is 2.52. The average molecular weight is 220 g/mol. The van der Waals surface area contributed by atoms with Crippen molar-refractivity contribution in [3.63, 3.8) is 0 Å². The molecule has 0 aliphatic carbocycles. The van der Waals surface area contributed by atoms with E-state index < -0.39 is 0 Å². The van der Waals surface area contributed by atoms with Gasteiger partial charge in [-0.05, 0) is 13.8 Å². The molecule has 0 aromatic carbocycles. The molecule has 0 spiro atoms. The molecule has 0 unspecified atom stereocenters. The lowest BCUT2D eigenvalue weighted by molar-refractivity contribution is 1.36. The second kappa shape index (κ2) is 5.37. The highest BCUT2D eigenvalue weighted by Crippen LogP contribution is 1.94. The average Bonchev–Trinajstić information content (AvgIpc) is 1.61. The lowest BCUT2D eigenvalue weighted by atomic mass is 10.3. The van der Waals surface area contributed by atoms with Gasteiger partial charge in [0.25, 0.3) is 0 Å². The van der Waals surface area contributed by atoms with Crippen LogP contribution in [0.4, 0.5) is 0 Å². The lowest BCUT2D eigenvalue weighted by Gasteiger charge is -1.82. The van der Waals surface area contributed by atoms with E-state index in [1.54, 1.807) is 0 Å². The summed E-state index contributed by atoms with van der Waals surface area (Å²) in [4.78, 5) is 0. The molecule has 0 amide bonds. The van der Waals surface area contributed by atoms with E-state index in [1.807, 2.05) is 0 Å². The maximum Gasteiger partial charge on any atom is 0.467 e. The van der Waals surface area contributed by atoms with E-state index in [0.29, 0.717) is 0 Å². The Morgan fingerprint density at radius 1 is 1.71 bits per heavy atom. The molecule has 0 nitrogen and oxygen atoms in total. The fourth-order valence-electron chi connectivity index (χ4n) is 0.343. The van der Waals surface area contributed by atoms with Crippen LogP contribution >= 0.6 is 18.9 Å². The first-order valence-corrected chi connectivity index (χ1v) is 8.58. The highest BCUT2D eigenvalue weighted by molar-refractivity contribution is 14.1. The molecule has 0 aliphatic rings. The zero-order valence-electron chi connectivity index (χ0n) is 4.87. The van der Waals surface area contributed by atoms with Gasteiger partial charge in [-0.1, -0.05) is 5.57 Å². The molecule has 0 fully saturated rings. The van der Waals surface area contributed by atoms with Crippen LogP contribution in [0.1, 0.15) is 13.8 Å². The minimum Gasteiger partial charge on any atom is -0.301 e. The summed E-state index contributed by atoms with van der Waals surface area (Å²) in [5, 5.41) is 0. The van der Waals surface area contributed by atoms with Crippen molar-refractivity contribution in [1.82, 2.24) is 0 Å². The highest BCUT2D eigenvalue weighted by atomic mass is 127. The Bertz CT molecular complexity index is 64.5. The van der Waals surface area contributed by atoms with Crippen molar-refractivity contribution in [1.29, 1.82) is 0 Å². The van der Waals surface area contributed by atoms with Crippen LogP contribution in [0.15, 0.2) is 11.6 Å². The van der Waals surface area contributed by atoms with E-state index in [9.17, 15) is 0 Å². The van der Waals surface area contributed by atoms with Crippen molar-refractivity contribution in [2.75, 3.05) is 0 Å². The van der Waals surface area contributed by atoms with Crippen molar-refractivity contribution in [2.24, 2.45) is 0 Å². The Morgan fingerprint density at radius 3 is 2.43 bits per heavy atom. The Hall–Kier alpha value is 1.24. The molecule has 0 N–H and O–H groups in total. The van der Waals surface area contributed by atoms with Crippen molar-refractivity contribution in [3.05, 3.63) is 11.6 Å². The molecule has 0 heterocycles. The summed E-state index contributed by atoms with van der Waals surface area (Å²) in [6.45, 7) is 4.31. The summed E-state index contributed by atoms with van der Waals surface area (Å²) in [5.74, 6) is 0. The van der Waals surface area contributed by atoms with Crippen molar-refractivity contribution in [2.45, 2.75) is 18.4 Å². The van der Waals surface area contributed by atoms with E-state index in [0.717, 1.165) is 0 Å². The summed E-state index contributed by atoms with van der Waals surface area (Å²) in [7, 11) is 0. The van der Waals surface area contributed by atoms with Crippen LogP contribution < -0.4 is 0 Å².